The van der Waals surface area contributed by atoms with Crippen LogP contribution in [-0.2, 0) is 9.84 Å². The van der Waals surface area contributed by atoms with Gasteiger partial charge in [0.1, 0.15) is 5.82 Å². The first-order valence-electron chi connectivity index (χ1n) is 5.19. The third-order valence-corrected chi connectivity index (χ3v) is 4.54. The van der Waals surface area contributed by atoms with Gasteiger partial charge in [0.2, 0.25) is 0 Å². The Hall–Kier alpha value is -1.10. The van der Waals surface area contributed by atoms with Gasteiger partial charge in [0.15, 0.2) is 9.84 Å². The van der Waals surface area contributed by atoms with Gasteiger partial charge in [-0.15, -0.1) is 0 Å². The zero-order valence-electron chi connectivity index (χ0n) is 9.03. The van der Waals surface area contributed by atoms with E-state index in [1.165, 1.54) is 6.07 Å². The maximum Gasteiger partial charge on any atom is 0.152 e. The lowest BCUT2D eigenvalue weighted by Gasteiger charge is -2.12. The highest BCUT2D eigenvalue weighted by molar-refractivity contribution is 7.91. The Morgan fingerprint density at radius 3 is 2.75 bits per heavy atom. The van der Waals surface area contributed by atoms with Crippen LogP contribution in [0, 0.1) is 12.7 Å². The molecule has 0 saturated carbocycles. The molecule has 1 aliphatic heterocycles. The Bertz CT molecular complexity index is 499. The highest BCUT2D eigenvalue weighted by Crippen LogP contribution is 2.19. The van der Waals surface area contributed by atoms with Gasteiger partial charge in [-0.25, -0.2) is 12.8 Å². The molecule has 1 saturated heterocycles. The predicted octanol–water partition coefficient (Wildman–Crippen LogP) is 1.73. The minimum Gasteiger partial charge on any atom is -0.381 e. The van der Waals surface area contributed by atoms with Gasteiger partial charge >= 0.3 is 0 Å². The molecule has 16 heavy (non-hydrogen) atoms. The molecule has 0 radical (unpaired) electrons. The Morgan fingerprint density at radius 1 is 1.44 bits per heavy atom. The number of nitrogens with one attached hydrogen (secondary N) is 1. The van der Waals surface area contributed by atoms with Gasteiger partial charge in [-0.1, -0.05) is 6.07 Å². The van der Waals surface area contributed by atoms with E-state index in [-0.39, 0.29) is 23.4 Å². The van der Waals surface area contributed by atoms with Crippen molar-refractivity contribution in [2.24, 2.45) is 0 Å². The van der Waals surface area contributed by atoms with Crippen LogP contribution >= 0.6 is 0 Å². The molecule has 1 atom stereocenters. The highest BCUT2D eigenvalue weighted by atomic mass is 32.2. The number of aryl methyl sites for hydroxylation is 1. The minimum atomic E-state index is -2.89. The third kappa shape index (κ3) is 2.52. The fourth-order valence-electron chi connectivity index (χ4n) is 1.83. The summed E-state index contributed by atoms with van der Waals surface area (Å²) < 4.78 is 35.7. The number of halogens is 1. The van der Waals surface area contributed by atoms with Crippen molar-refractivity contribution in [1.82, 2.24) is 0 Å². The normalized spacial score (nSPS) is 23.2. The Balaban J connectivity index is 2.08. The molecule has 5 heteroatoms. The molecular weight excluding hydrogens is 229 g/mol. The van der Waals surface area contributed by atoms with E-state index in [0.29, 0.717) is 17.7 Å². The van der Waals surface area contributed by atoms with Crippen molar-refractivity contribution in [2.75, 3.05) is 16.8 Å². The molecule has 0 aromatic heterocycles. The molecule has 1 aromatic rings. The molecule has 0 spiro atoms. The second-order valence-electron chi connectivity index (χ2n) is 4.21. The largest absolute Gasteiger partial charge is 0.381 e. The van der Waals surface area contributed by atoms with Gasteiger partial charge in [0, 0.05) is 11.7 Å². The van der Waals surface area contributed by atoms with Crippen LogP contribution in [-0.4, -0.2) is 26.0 Å². The predicted molar refractivity (Wildman–Crippen MR) is 61.8 cm³/mol. The molecule has 88 valence electrons. The fourth-order valence-corrected chi connectivity index (χ4v) is 3.50. The Morgan fingerprint density at radius 2 is 2.19 bits per heavy atom. The van der Waals surface area contributed by atoms with Crippen molar-refractivity contribution in [1.29, 1.82) is 0 Å². The number of hydrogen-bond acceptors (Lipinski definition) is 3. The van der Waals surface area contributed by atoms with Gasteiger partial charge in [0.25, 0.3) is 0 Å². The standard InChI is InChI=1S/C11H14FNO2S/c1-8-2-3-9(6-11(8)12)13-10-4-5-16(14,15)7-10/h2-3,6,10,13H,4-5,7H2,1H3. The Labute approximate surface area is 94.6 Å². The number of sulfone groups is 1. The quantitative estimate of drug-likeness (QED) is 0.860. The van der Waals surface area contributed by atoms with Crippen molar-refractivity contribution in [3.63, 3.8) is 0 Å². The summed E-state index contributed by atoms with van der Waals surface area (Å²) in [5.74, 6) is 0.0902. The number of hydrogen-bond donors (Lipinski definition) is 1. The van der Waals surface area contributed by atoms with E-state index in [2.05, 4.69) is 5.32 Å². The first-order chi connectivity index (χ1) is 7.46. The fraction of sp³-hybridized carbons (Fsp3) is 0.455. The molecular formula is C11H14FNO2S. The second kappa shape index (κ2) is 4.05. The van der Waals surface area contributed by atoms with Crippen LogP contribution in [0.3, 0.4) is 0 Å². The summed E-state index contributed by atoms with van der Waals surface area (Å²) in [6.07, 6.45) is 0.595. The summed E-state index contributed by atoms with van der Waals surface area (Å²) in [4.78, 5) is 0. The number of anilines is 1. The van der Waals surface area contributed by atoms with E-state index < -0.39 is 9.84 Å². The highest BCUT2D eigenvalue weighted by Gasteiger charge is 2.27. The molecule has 0 aliphatic carbocycles. The van der Waals surface area contributed by atoms with E-state index in [9.17, 15) is 12.8 Å². The van der Waals surface area contributed by atoms with Crippen LogP contribution in [0.5, 0.6) is 0 Å². The maximum absolute atomic E-state index is 13.2. The molecule has 1 unspecified atom stereocenters. The van der Waals surface area contributed by atoms with E-state index in [1.807, 2.05) is 0 Å². The third-order valence-electron chi connectivity index (χ3n) is 2.78. The van der Waals surface area contributed by atoms with Crippen molar-refractivity contribution in [3.05, 3.63) is 29.6 Å². The van der Waals surface area contributed by atoms with E-state index in [0.717, 1.165) is 0 Å². The summed E-state index contributed by atoms with van der Waals surface area (Å²) in [5.41, 5.74) is 1.23. The summed E-state index contributed by atoms with van der Waals surface area (Å²) in [6.45, 7) is 1.69. The summed E-state index contributed by atoms with van der Waals surface area (Å²) in [7, 11) is -2.89. The molecule has 1 N–H and O–H groups in total. The molecule has 1 heterocycles. The summed E-state index contributed by atoms with van der Waals surface area (Å²) >= 11 is 0. The minimum absolute atomic E-state index is 0.0906. The molecule has 0 bridgehead atoms. The lowest BCUT2D eigenvalue weighted by Crippen LogP contribution is -2.20. The van der Waals surface area contributed by atoms with Gasteiger partial charge in [-0.3, -0.25) is 0 Å². The SMILES string of the molecule is Cc1ccc(NC2CCS(=O)(=O)C2)cc1F. The van der Waals surface area contributed by atoms with E-state index >= 15 is 0 Å². The average Bonchev–Trinajstić information content (AvgIpc) is 2.52. The molecule has 3 nitrogen and oxygen atoms in total. The molecule has 0 amide bonds. The van der Waals surface area contributed by atoms with Crippen LogP contribution in [0.4, 0.5) is 10.1 Å². The lowest BCUT2D eigenvalue weighted by atomic mass is 10.2. The number of benzene rings is 1. The Kier molecular flexibility index (Phi) is 2.88. The second-order valence-corrected chi connectivity index (χ2v) is 6.44. The molecule has 2 rings (SSSR count). The van der Waals surface area contributed by atoms with Crippen LogP contribution in [0.1, 0.15) is 12.0 Å². The first-order valence-corrected chi connectivity index (χ1v) is 7.01. The van der Waals surface area contributed by atoms with Crippen molar-refractivity contribution < 1.29 is 12.8 Å². The van der Waals surface area contributed by atoms with Crippen LogP contribution in [0.25, 0.3) is 0 Å². The maximum atomic E-state index is 13.2. The van der Waals surface area contributed by atoms with Crippen LogP contribution < -0.4 is 5.32 Å². The van der Waals surface area contributed by atoms with Gasteiger partial charge in [-0.05, 0) is 31.0 Å². The lowest BCUT2D eigenvalue weighted by molar-refractivity contribution is 0.602. The van der Waals surface area contributed by atoms with Gasteiger partial charge in [0.05, 0.1) is 11.5 Å². The molecule has 1 fully saturated rings. The summed E-state index contributed by atoms with van der Waals surface area (Å²) in [6, 6.07) is 4.76. The zero-order valence-corrected chi connectivity index (χ0v) is 9.85. The van der Waals surface area contributed by atoms with Crippen LogP contribution in [0.2, 0.25) is 0 Å². The number of rotatable bonds is 2. The monoisotopic (exact) mass is 243 g/mol. The molecule has 1 aromatic carbocycles. The van der Waals surface area contributed by atoms with E-state index in [1.54, 1.807) is 19.1 Å². The van der Waals surface area contributed by atoms with Crippen molar-refractivity contribution in [3.8, 4) is 0 Å². The van der Waals surface area contributed by atoms with E-state index in [4.69, 9.17) is 0 Å². The average molecular weight is 243 g/mol. The first kappa shape index (κ1) is 11.4. The summed E-state index contributed by atoms with van der Waals surface area (Å²) in [5, 5.41) is 3.05. The van der Waals surface area contributed by atoms with Gasteiger partial charge < -0.3 is 5.32 Å². The van der Waals surface area contributed by atoms with Crippen molar-refractivity contribution in [2.45, 2.75) is 19.4 Å². The zero-order chi connectivity index (χ0) is 11.8. The van der Waals surface area contributed by atoms with Crippen molar-refractivity contribution >= 4 is 15.5 Å². The molecule has 1 aliphatic rings. The van der Waals surface area contributed by atoms with Crippen LogP contribution in [0.15, 0.2) is 18.2 Å². The smallest absolute Gasteiger partial charge is 0.152 e. The topological polar surface area (TPSA) is 46.2 Å². The van der Waals surface area contributed by atoms with Gasteiger partial charge in [-0.2, -0.15) is 0 Å².